The summed E-state index contributed by atoms with van der Waals surface area (Å²) in [5.74, 6) is 1.43. The Morgan fingerprint density at radius 3 is 2.03 bits per heavy atom. The lowest BCUT2D eigenvalue weighted by Gasteiger charge is -2.31. The number of carbonyl (C=O) groups excluding carboxylic acids is 2. The summed E-state index contributed by atoms with van der Waals surface area (Å²) in [4.78, 5) is 27.9. The SMILES string of the molecule is CC[C@@H](C)NC(=O)[C@@H](CC)N(Cc1ccc(OC)cc1)C(=O)COc1ccc(C(C)C)cc1. The van der Waals surface area contributed by atoms with Crippen molar-refractivity contribution in [2.24, 2.45) is 0 Å². The molecule has 33 heavy (non-hydrogen) atoms. The monoisotopic (exact) mass is 454 g/mol. The van der Waals surface area contributed by atoms with Crippen LogP contribution in [0.1, 0.15) is 64.5 Å². The molecule has 0 aliphatic carbocycles. The third kappa shape index (κ3) is 7.81. The highest BCUT2D eigenvalue weighted by Crippen LogP contribution is 2.20. The van der Waals surface area contributed by atoms with E-state index in [1.807, 2.05) is 69.3 Å². The summed E-state index contributed by atoms with van der Waals surface area (Å²) in [6.45, 7) is 10.3. The Labute approximate surface area is 198 Å². The van der Waals surface area contributed by atoms with Crippen LogP contribution in [0.4, 0.5) is 0 Å². The lowest BCUT2D eigenvalue weighted by atomic mass is 10.0. The number of amides is 2. The van der Waals surface area contributed by atoms with Crippen LogP contribution in [0.2, 0.25) is 0 Å². The first-order valence-electron chi connectivity index (χ1n) is 11.7. The van der Waals surface area contributed by atoms with E-state index < -0.39 is 6.04 Å². The maximum absolute atomic E-state index is 13.3. The van der Waals surface area contributed by atoms with Gasteiger partial charge in [0.2, 0.25) is 5.91 Å². The first kappa shape index (κ1) is 26.2. The Kier molecular flexibility index (Phi) is 10.2. The van der Waals surface area contributed by atoms with Crippen molar-refractivity contribution in [2.75, 3.05) is 13.7 Å². The van der Waals surface area contributed by atoms with Gasteiger partial charge in [-0.15, -0.1) is 0 Å². The van der Waals surface area contributed by atoms with Crippen LogP contribution in [0.15, 0.2) is 48.5 Å². The van der Waals surface area contributed by atoms with Gasteiger partial charge in [-0.3, -0.25) is 9.59 Å². The van der Waals surface area contributed by atoms with E-state index in [9.17, 15) is 9.59 Å². The molecule has 0 radical (unpaired) electrons. The first-order valence-corrected chi connectivity index (χ1v) is 11.7. The lowest BCUT2D eigenvalue weighted by molar-refractivity contribution is -0.143. The first-order chi connectivity index (χ1) is 15.8. The molecule has 0 saturated heterocycles. The third-order valence-electron chi connectivity index (χ3n) is 5.81. The van der Waals surface area contributed by atoms with Crippen molar-refractivity contribution in [3.8, 4) is 11.5 Å². The molecule has 0 heterocycles. The molecule has 2 amide bonds. The normalized spacial score (nSPS) is 12.7. The molecule has 2 aromatic carbocycles. The maximum Gasteiger partial charge on any atom is 0.261 e. The van der Waals surface area contributed by atoms with Crippen molar-refractivity contribution in [3.05, 3.63) is 59.7 Å². The zero-order chi connectivity index (χ0) is 24.4. The van der Waals surface area contributed by atoms with Crippen LogP contribution in [-0.4, -0.2) is 42.5 Å². The van der Waals surface area contributed by atoms with E-state index in [4.69, 9.17) is 9.47 Å². The number of hydrogen-bond acceptors (Lipinski definition) is 4. The highest BCUT2D eigenvalue weighted by atomic mass is 16.5. The number of nitrogens with zero attached hydrogens (tertiary/aromatic N) is 1. The zero-order valence-corrected chi connectivity index (χ0v) is 20.8. The Bertz CT molecular complexity index is 878. The topological polar surface area (TPSA) is 67.9 Å². The smallest absolute Gasteiger partial charge is 0.261 e. The summed E-state index contributed by atoms with van der Waals surface area (Å²) in [5.41, 5.74) is 2.13. The average Bonchev–Trinajstić information content (AvgIpc) is 2.82. The van der Waals surface area contributed by atoms with Gasteiger partial charge in [0.15, 0.2) is 6.61 Å². The van der Waals surface area contributed by atoms with Crippen LogP contribution in [-0.2, 0) is 16.1 Å². The van der Waals surface area contributed by atoms with E-state index in [2.05, 4.69) is 19.2 Å². The molecule has 0 aliphatic heterocycles. The second-order valence-corrected chi connectivity index (χ2v) is 8.62. The molecule has 0 saturated carbocycles. The largest absolute Gasteiger partial charge is 0.497 e. The molecule has 2 rings (SSSR count). The van der Waals surface area contributed by atoms with Crippen molar-refractivity contribution in [1.82, 2.24) is 10.2 Å². The van der Waals surface area contributed by atoms with Crippen LogP contribution in [0.25, 0.3) is 0 Å². The van der Waals surface area contributed by atoms with E-state index >= 15 is 0 Å². The third-order valence-corrected chi connectivity index (χ3v) is 5.81. The fourth-order valence-corrected chi connectivity index (χ4v) is 3.47. The van der Waals surface area contributed by atoms with Gasteiger partial charge in [0.05, 0.1) is 7.11 Å². The molecule has 1 N–H and O–H groups in total. The molecule has 0 unspecified atom stereocenters. The van der Waals surface area contributed by atoms with Gasteiger partial charge in [-0.05, 0) is 61.1 Å². The van der Waals surface area contributed by atoms with Gasteiger partial charge in [-0.1, -0.05) is 52.0 Å². The number of hydrogen-bond donors (Lipinski definition) is 1. The van der Waals surface area contributed by atoms with Gasteiger partial charge in [0.1, 0.15) is 17.5 Å². The molecule has 180 valence electrons. The van der Waals surface area contributed by atoms with Gasteiger partial charge in [-0.25, -0.2) is 0 Å². The molecule has 0 aromatic heterocycles. The van der Waals surface area contributed by atoms with Crippen molar-refractivity contribution >= 4 is 11.8 Å². The number of nitrogens with one attached hydrogen (secondary N) is 1. The van der Waals surface area contributed by atoms with Gasteiger partial charge >= 0.3 is 0 Å². The molecule has 0 aliphatic rings. The van der Waals surface area contributed by atoms with E-state index in [1.165, 1.54) is 5.56 Å². The van der Waals surface area contributed by atoms with E-state index in [1.54, 1.807) is 12.0 Å². The highest BCUT2D eigenvalue weighted by molar-refractivity contribution is 5.88. The van der Waals surface area contributed by atoms with Crippen molar-refractivity contribution < 1.29 is 19.1 Å². The Morgan fingerprint density at radius 1 is 0.909 bits per heavy atom. The van der Waals surface area contributed by atoms with E-state index in [0.717, 1.165) is 17.7 Å². The summed E-state index contributed by atoms with van der Waals surface area (Å²) in [6.07, 6.45) is 1.33. The molecular weight excluding hydrogens is 416 g/mol. The standard InChI is InChI=1S/C27H38N2O4/c1-7-20(5)28-27(31)25(8-2)29(17-21-9-13-23(32-6)14-10-21)26(30)18-33-24-15-11-22(12-16-24)19(3)4/h9-16,19-20,25H,7-8,17-18H2,1-6H3,(H,28,31)/t20-,25-/m1/s1. The summed E-state index contributed by atoms with van der Waals surface area (Å²) >= 11 is 0. The number of methoxy groups -OCH3 is 1. The van der Waals surface area contributed by atoms with Crippen molar-refractivity contribution in [2.45, 2.75) is 72.0 Å². The second-order valence-electron chi connectivity index (χ2n) is 8.62. The molecule has 2 atom stereocenters. The Balaban J connectivity index is 2.19. The number of benzene rings is 2. The molecule has 0 fully saturated rings. The van der Waals surface area contributed by atoms with E-state index in [-0.39, 0.29) is 24.5 Å². The minimum atomic E-state index is -0.583. The fraction of sp³-hybridized carbons (Fsp3) is 0.481. The van der Waals surface area contributed by atoms with Gasteiger partial charge in [0, 0.05) is 12.6 Å². The molecular formula is C27H38N2O4. The number of ether oxygens (including phenoxy) is 2. The fourth-order valence-electron chi connectivity index (χ4n) is 3.47. The highest BCUT2D eigenvalue weighted by Gasteiger charge is 2.29. The van der Waals surface area contributed by atoms with Crippen LogP contribution in [0, 0.1) is 0 Å². The zero-order valence-electron chi connectivity index (χ0n) is 20.8. The molecule has 0 spiro atoms. The minimum Gasteiger partial charge on any atom is -0.497 e. The Morgan fingerprint density at radius 2 is 1.52 bits per heavy atom. The molecule has 6 nitrogen and oxygen atoms in total. The van der Waals surface area contributed by atoms with E-state index in [0.29, 0.717) is 24.6 Å². The van der Waals surface area contributed by atoms with Crippen LogP contribution < -0.4 is 14.8 Å². The lowest BCUT2D eigenvalue weighted by Crippen LogP contribution is -2.51. The quantitative estimate of drug-likeness (QED) is 0.494. The van der Waals surface area contributed by atoms with Crippen LogP contribution >= 0.6 is 0 Å². The summed E-state index contributed by atoms with van der Waals surface area (Å²) in [7, 11) is 1.61. The molecule has 2 aromatic rings. The predicted octanol–water partition coefficient (Wildman–Crippen LogP) is 4.92. The van der Waals surface area contributed by atoms with Crippen molar-refractivity contribution in [3.63, 3.8) is 0 Å². The number of rotatable bonds is 12. The van der Waals surface area contributed by atoms with Gasteiger partial charge < -0.3 is 19.7 Å². The van der Waals surface area contributed by atoms with Crippen molar-refractivity contribution in [1.29, 1.82) is 0 Å². The van der Waals surface area contributed by atoms with Gasteiger partial charge in [-0.2, -0.15) is 0 Å². The molecule has 6 heteroatoms. The predicted molar refractivity (Wildman–Crippen MR) is 132 cm³/mol. The summed E-state index contributed by atoms with van der Waals surface area (Å²) in [5, 5.41) is 3.02. The minimum absolute atomic E-state index is 0.0419. The summed E-state index contributed by atoms with van der Waals surface area (Å²) < 4.78 is 11.0. The van der Waals surface area contributed by atoms with Crippen LogP contribution in [0.5, 0.6) is 11.5 Å². The van der Waals surface area contributed by atoms with Gasteiger partial charge in [0.25, 0.3) is 5.91 Å². The second kappa shape index (κ2) is 12.9. The summed E-state index contributed by atoms with van der Waals surface area (Å²) in [6, 6.07) is 14.7. The Hall–Kier alpha value is -3.02. The maximum atomic E-state index is 13.3. The van der Waals surface area contributed by atoms with Crippen LogP contribution in [0.3, 0.4) is 0 Å². The average molecular weight is 455 g/mol. The number of carbonyl (C=O) groups is 2. The molecule has 0 bridgehead atoms.